The molecular formula is C19H37N9O6. The maximum absolute atomic E-state index is 12.8. The molecule has 0 aromatic rings. The number of aliphatic imine (C=N–C) groups is 1. The lowest BCUT2D eigenvalue weighted by molar-refractivity contribution is -0.142. The third-order valence-corrected chi connectivity index (χ3v) is 4.59. The van der Waals surface area contributed by atoms with Crippen molar-refractivity contribution in [1.29, 1.82) is 0 Å². The molecular weight excluding hydrogens is 450 g/mol. The summed E-state index contributed by atoms with van der Waals surface area (Å²) in [5, 5.41) is 16.6. The highest BCUT2D eigenvalue weighted by Crippen LogP contribution is 2.06. The van der Waals surface area contributed by atoms with Gasteiger partial charge < -0.3 is 49.7 Å². The number of primary amides is 1. The number of carbonyl (C=O) groups excluding carboxylic acids is 4. The summed E-state index contributed by atoms with van der Waals surface area (Å²) < 4.78 is 0. The van der Waals surface area contributed by atoms with Crippen molar-refractivity contribution in [3.63, 3.8) is 0 Å². The maximum Gasteiger partial charge on any atom is 0.326 e. The Morgan fingerprint density at radius 1 is 0.824 bits per heavy atom. The van der Waals surface area contributed by atoms with Gasteiger partial charge in [0.25, 0.3) is 0 Å². The quantitative estimate of drug-likeness (QED) is 0.0543. The largest absolute Gasteiger partial charge is 0.480 e. The molecule has 4 amide bonds. The predicted octanol–water partition coefficient (Wildman–Crippen LogP) is -4.07. The Kier molecular flexibility index (Phi) is 14.6. The number of carbonyl (C=O) groups is 5. The molecule has 0 heterocycles. The van der Waals surface area contributed by atoms with Crippen molar-refractivity contribution < 1.29 is 29.1 Å². The third-order valence-electron chi connectivity index (χ3n) is 4.59. The zero-order valence-corrected chi connectivity index (χ0v) is 19.3. The monoisotopic (exact) mass is 487 g/mol. The van der Waals surface area contributed by atoms with Crippen molar-refractivity contribution in [3.05, 3.63) is 0 Å². The normalized spacial score (nSPS) is 14.1. The number of guanidine groups is 1. The van der Waals surface area contributed by atoms with Gasteiger partial charge in [-0.05, 0) is 45.6 Å². The van der Waals surface area contributed by atoms with E-state index < -0.39 is 60.2 Å². The van der Waals surface area contributed by atoms with Crippen molar-refractivity contribution in [2.45, 2.75) is 69.6 Å². The summed E-state index contributed by atoms with van der Waals surface area (Å²) >= 11 is 0. The van der Waals surface area contributed by atoms with Gasteiger partial charge in [0.1, 0.15) is 18.1 Å². The minimum Gasteiger partial charge on any atom is -0.480 e. The standard InChI is InChI=1S/C19H37N9O6/c1-10(21)15(30)28-13(9-14(22)29)17(32)26-11(5-2-3-7-20)16(31)27-12(18(33)34)6-4-8-25-19(23)24/h10-13H,2-9,20-21H2,1H3,(H2,22,29)(H,26,32)(H,27,31)(H,28,30)(H,33,34)(H4,23,24,25). The van der Waals surface area contributed by atoms with Crippen LogP contribution in [0, 0.1) is 0 Å². The Bertz CT molecular complexity index is 740. The predicted molar refractivity (Wildman–Crippen MR) is 124 cm³/mol. The summed E-state index contributed by atoms with van der Waals surface area (Å²) in [6.07, 6.45) is 0.930. The van der Waals surface area contributed by atoms with Gasteiger partial charge in [-0.1, -0.05) is 0 Å². The number of carboxylic acid groups (broad SMARTS) is 1. The van der Waals surface area contributed by atoms with Gasteiger partial charge in [-0.3, -0.25) is 24.2 Å². The first-order valence-electron chi connectivity index (χ1n) is 10.8. The zero-order valence-electron chi connectivity index (χ0n) is 19.3. The Hall–Kier alpha value is -3.46. The molecule has 0 saturated carbocycles. The molecule has 4 atom stereocenters. The SMILES string of the molecule is CC(N)C(=O)NC(CC(N)=O)C(=O)NC(CCCCN)C(=O)NC(CCCN=C(N)N)C(=O)O. The molecule has 0 saturated heterocycles. The second-order valence-corrected chi connectivity index (χ2v) is 7.71. The van der Waals surface area contributed by atoms with E-state index in [1.807, 2.05) is 0 Å². The van der Waals surface area contributed by atoms with Gasteiger partial charge in [0.05, 0.1) is 12.5 Å². The lowest BCUT2D eigenvalue weighted by atomic mass is 10.1. The van der Waals surface area contributed by atoms with Crippen LogP contribution >= 0.6 is 0 Å². The summed E-state index contributed by atoms with van der Waals surface area (Å²) in [4.78, 5) is 64.2. The summed E-state index contributed by atoms with van der Waals surface area (Å²) in [7, 11) is 0. The molecule has 14 N–H and O–H groups in total. The van der Waals surface area contributed by atoms with Crippen molar-refractivity contribution in [2.24, 2.45) is 33.7 Å². The van der Waals surface area contributed by atoms with Gasteiger partial charge in [-0.25, -0.2) is 4.79 Å². The first-order chi connectivity index (χ1) is 15.9. The number of nitrogens with two attached hydrogens (primary N) is 5. The van der Waals surface area contributed by atoms with E-state index in [9.17, 15) is 29.1 Å². The molecule has 15 nitrogen and oxygen atoms in total. The van der Waals surface area contributed by atoms with E-state index in [2.05, 4.69) is 20.9 Å². The van der Waals surface area contributed by atoms with Crippen LogP contribution in [-0.2, 0) is 24.0 Å². The Morgan fingerprint density at radius 3 is 1.85 bits per heavy atom. The smallest absolute Gasteiger partial charge is 0.326 e. The van der Waals surface area contributed by atoms with Crippen LogP contribution in [0.15, 0.2) is 4.99 Å². The summed E-state index contributed by atoms with van der Waals surface area (Å²) in [6.45, 7) is 1.91. The highest BCUT2D eigenvalue weighted by Gasteiger charge is 2.30. The molecule has 0 fully saturated rings. The summed E-state index contributed by atoms with van der Waals surface area (Å²) in [6, 6.07) is -4.73. The Morgan fingerprint density at radius 2 is 1.35 bits per heavy atom. The van der Waals surface area contributed by atoms with Crippen molar-refractivity contribution in [2.75, 3.05) is 13.1 Å². The molecule has 194 valence electrons. The summed E-state index contributed by atoms with van der Waals surface area (Å²) in [5.41, 5.74) is 26.6. The number of rotatable bonds is 17. The number of unbranched alkanes of at least 4 members (excludes halogenated alkanes) is 1. The van der Waals surface area contributed by atoms with E-state index in [1.54, 1.807) is 0 Å². The zero-order chi connectivity index (χ0) is 26.3. The maximum atomic E-state index is 12.8. The van der Waals surface area contributed by atoms with E-state index in [4.69, 9.17) is 28.7 Å². The van der Waals surface area contributed by atoms with Gasteiger partial charge in [-0.15, -0.1) is 0 Å². The molecule has 34 heavy (non-hydrogen) atoms. The molecule has 0 aromatic heterocycles. The summed E-state index contributed by atoms with van der Waals surface area (Å²) in [5.74, 6) is -4.57. The van der Waals surface area contributed by atoms with Crippen molar-refractivity contribution in [3.8, 4) is 0 Å². The van der Waals surface area contributed by atoms with Gasteiger partial charge in [0.15, 0.2) is 5.96 Å². The second-order valence-electron chi connectivity index (χ2n) is 7.71. The fourth-order valence-electron chi connectivity index (χ4n) is 2.78. The van der Waals surface area contributed by atoms with Gasteiger partial charge >= 0.3 is 5.97 Å². The van der Waals surface area contributed by atoms with Crippen LogP contribution in [0.4, 0.5) is 0 Å². The van der Waals surface area contributed by atoms with Crippen LogP contribution in [-0.4, -0.2) is 77.9 Å². The second kappa shape index (κ2) is 16.2. The molecule has 0 radical (unpaired) electrons. The number of hydrogen-bond acceptors (Lipinski definition) is 8. The fourth-order valence-corrected chi connectivity index (χ4v) is 2.78. The first-order valence-corrected chi connectivity index (χ1v) is 10.8. The van der Waals surface area contributed by atoms with Crippen LogP contribution in [0.3, 0.4) is 0 Å². The van der Waals surface area contributed by atoms with E-state index in [1.165, 1.54) is 6.92 Å². The number of nitrogens with one attached hydrogen (secondary N) is 3. The van der Waals surface area contributed by atoms with Crippen LogP contribution < -0.4 is 44.6 Å². The first kappa shape index (κ1) is 30.5. The van der Waals surface area contributed by atoms with Crippen molar-refractivity contribution >= 4 is 35.6 Å². The Balaban J connectivity index is 5.41. The number of amides is 4. The lowest BCUT2D eigenvalue weighted by Crippen LogP contribution is -2.57. The average molecular weight is 488 g/mol. The molecule has 0 aliphatic carbocycles. The van der Waals surface area contributed by atoms with Gasteiger partial charge in [-0.2, -0.15) is 0 Å². The molecule has 0 spiro atoms. The average Bonchev–Trinajstić information content (AvgIpc) is 2.73. The molecule has 15 heteroatoms. The highest BCUT2D eigenvalue weighted by molar-refractivity contribution is 5.96. The topological polar surface area (TPSA) is 284 Å². The van der Waals surface area contributed by atoms with E-state index >= 15 is 0 Å². The van der Waals surface area contributed by atoms with Gasteiger partial charge in [0, 0.05) is 6.54 Å². The highest BCUT2D eigenvalue weighted by atomic mass is 16.4. The van der Waals surface area contributed by atoms with Gasteiger partial charge in [0.2, 0.25) is 23.6 Å². The molecule has 4 unspecified atom stereocenters. The van der Waals surface area contributed by atoms with E-state index in [0.717, 1.165) is 0 Å². The number of nitrogens with zero attached hydrogens (tertiary/aromatic N) is 1. The Labute approximate surface area is 197 Å². The minimum absolute atomic E-state index is 0.0378. The van der Waals surface area contributed by atoms with E-state index in [0.29, 0.717) is 19.4 Å². The third kappa shape index (κ3) is 13.2. The van der Waals surface area contributed by atoms with Crippen LogP contribution in [0.5, 0.6) is 0 Å². The molecule has 0 aromatic carbocycles. The van der Waals surface area contributed by atoms with Crippen LogP contribution in [0.1, 0.15) is 45.4 Å². The van der Waals surface area contributed by atoms with E-state index in [-0.39, 0.29) is 31.8 Å². The van der Waals surface area contributed by atoms with Crippen LogP contribution in [0.25, 0.3) is 0 Å². The van der Waals surface area contributed by atoms with Crippen molar-refractivity contribution in [1.82, 2.24) is 16.0 Å². The number of carboxylic acids is 1. The minimum atomic E-state index is -1.37. The molecule has 0 aliphatic heterocycles. The number of hydrogen-bond donors (Lipinski definition) is 9. The molecule has 0 bridgehead atoms. The van der Waals surface area contributed by atoms with Crippen LogP contribution in [0.2, 0.25) is 0 Å². The number of aliphatic carboxylic acids is 1. The lowest BCUT2D eigenvalue weighted by Gasteiger charge is -2.24. The molecule has 0 rings (SSSR count). The molecule has 0 aliphatic rings. The fraction of sp³-hybridized carbons (Fsp3) is 0.684.